The Bertz CT molecular complexity index is 913. The third kappa shape index (κ3) is 2.61. The number of benzene rings is 2. The molecule has 1 aromatic heterocycles. The Kier molecular flexibility index (Phi) is 3.48. The lowest BCUT2D eigenvalue weighted by atomic mass is 10.1. The van der Waals surface area contributed by atoms with Gasteiger partial charge in [0, 0.05) is 17.4 Å². The van der Waals surface area contributed by atoms with Gasteiger partial charge in [-0.25, -0.2) is 13.6 Å². The van der Waals surface area contributed by atoms with E-state index in [-0.39, 0.29) is 10.6 Å². The Labute approximate surface area is 128 Å². The van der Waals surface area contributed by atoms with Gasteiger partial charge in [-0.1, -0.05) is 18.2 Å². The van der Waals surface area contributed by atoms with Gasteiger partial charge >= 0.3 is 0 Å². The van der Waals surface area contributed by atoms with E-state index in [0.717, 1.165) is 5.69 Å². The highest BCUT2D eigenvalue weighted by Gasteiger charge is 2.17. The molecule has 112 valence electrons. The van der Waals surface area contributed by atoms with Gasteiger partial charge in [0.2, 0.25) is 10.0 Å². The number of sulfonamides is 1. The predicted octanol–water partition coefficient (Wildman–Crippen LogP) is 2.50. The van der Waals surface area contributed by atoms with Crippen molar-refractivity contribution < 1.29 is 13.5 Å². The highest BCUT2D eigenvalue weighted by atomic mass is 32.2. The van der Waals surface area contributed by atoms with Crippen molar-refractivity contribution in [3.05, 3.63) is 66.9 Å². The van der Waals surface area contributed by atoms with Crippen molar-refractivity contribution in [3.63, 3.8) is 0 Å². The molecule has 3 aromatic rings. The second kappa shape index (κ2) is 5.32. The molecule has 0 saturated heterocycles. The normalized spacial score (nSPS) is 11.5. The van der Waals surface area contributed by atoms with Crippen LogP contribution in [0.5, 0.6) is 5.75 Å². The van der Waals surface area contributed by atoms with Gasteiger partial charge in [0.1, 0.15) is 5.75 Å². The minimum absolute atomic E-state index is 0.0775. The number of primary sulfonamides is 1. The summed E-state index contributed by atoms with van der Waals surface area (Å²) in [6.07, 6.45) is 1.82. The zero-order valence-electron chi connectivity index (χ0n) is 11.5. The van der Waals surface area contributed by atoms with Crippen LogP contribution in [0.1, 0.15) is 0 Å². The average Bonchev–Trinajstić information content (AvgIpc) is 2.96. The summed E-state index contributed by atoms with van der Waals surface area (Å²) in [5.41, 5.74) is 2.04. The third-order valence-electron chi connectivity index (χ3n) is 3.35. The molecule has 0 aliphatic heterocycles. The number of aromatic nitrogens is 1. The number of hydrogen-bond acceptors (Lipinski definition) is 3. The Hall–Kier alpha value is -2.57. The maximum Gasteiger partial charge on any atom is 0.238 e. The summed E-state index contributed by atoms with van der Waals surface area (Å²) in [5, 5.41) is 14.7. The zero-order valence-corrected chi connectivity index (χ0v) is 12.4. The van der Waals surface area contributed by atoms with Crippen LogP contribution in [-0.2, 0) is 10.0 Å². The molecule has 0 fully saturated rings. The van der Waals surface area contributed by atoms with Gasteiger partial charge in [-0.15, -0.1) is 0 Å². The molecular weight excluding hydrogens is 300 g/mol. The summed E-state index contributed by atoms with van der Waals surface area (Å²) < 4.78 is 25.4. The summed E-state index contributed by atoms with van der Waals surface area (Å²) in [5.74, 6) is 0.169. The molecule has 0 spiro atoms. The number of nitrogens with zero attached hydrogens (tertiary/aromatic N) is 1. The molecule has 0 radical (unpaired) electrons. The lowest BCUT2D eigenvalue weighted by molar-refractivity contribution is 0.475. The topological polar surface area (TPSA) is 85.3 Å². The van der Waals surface area contributed by atoms with Crippen molar-refractivity contribution in [1.29, 1.82) is 0 Å². The monoisotopic (exact) mass is 314 g/mol. The van der Waals surface area contributed by atoms with E-state index >= 15 is 0 Å². The number of rotatable bonds is 3. The fourth-order valence-electron chi connectivity index (χ4n) is 2.37. The molecule has 3 N–H and O–H groups in total. The summed E-state index contributed by atoms with van der Waals surface area (Å²) >= 11 is 0. The molecule has 2 aromatic carbocycles. The van der Waals surface area contributed by atoms with Crippen LogP contribution >= 0.6 is 0 Å². The number of aromatic hydroxyl groups is 1. The molecule has 0 aliphatic carbocycles. The summed E-state index contributed by atoms with van der Waals surface area (Å²) in [6, 6.07) is 16.9. The van der Waals surface area contributed by atoms with Crippen molar-refractivity contribution in [2.45, 2.75) is 4.90 Å². The van der Waals surface area contributed by atoms with Gasteiger partial charge in [-0.3, -0.25) is 0 Å². The zero-order chi connectivity index (χ0) is 15.7. The van der Waals surface area contributed by atoms with Gasteiger partial charge in [-0.05, 0) is 42.5 Å². The summed E-state index contributed by atoms with van der Waals surface area (Å²) in [4.78, 5) is 0.0775. The van der Waals surface area contributed by atoms with E-state index in [1.165, 1.54) is 6.07 Å². The lowest BCUT2D eigenvalue weighted by Crippen LogP contribution is -2.13. The Morgan fingerprint density at radius 3 is 2.27 bits per heavy atom. The Morgan fingerprint density at radius 2 is 1.59 bits per heavy atom. The number of phenolic OH excluding ortho intramolecular Hbond substituents is 1. The maximum absolute atomic E-state index is 11.8. The van der Waals surface area contributed by atoms with Crippen LogP contribution in [0.4, 0.5) is 0 Å². The lowest BCUT2D eigenvalue weighted by Gasteiger charge is -2.12. The molecule has 5 nitrogen and oxygen atoms in total. The maximum atomic E-state index is 11.8. The van der Waals surface area contributed by atoms with Gasteiger partial charge in [0.05, 0.1) is 10.6 Å². The first-order valence-electron chi connectivity index (χ1n) is 6.56. The fourth-order valence-corrected chi connectivity index (χ4v) is 3.11. The summed E-state index contributed by atoms with van der Waals surface area (Å²) in [7, 11) is -3.82. The molecular formula is C16H14N2O3S. The van der Waals surface area contributed by atoms with E-state index in [2.05, 4.69) is 0 Å². The standard InChI is InChI=1S/C16H14N2O3S/c17-22(20,21)16-6-2-1-4-14(16)15-5-3-11-18(15)12-7-9-13(19)10-8-12/h1-11,19H,(H2,17,20,21). The van der Waals surface area contributed by atoms with Crippen LogP contribution in [0.25, 0.3) is 16.9 Å². The third-order valence-corrected chi connectivity index (χ3v) is 4.32. The first-order chi connectivity index (χ1) is 10.5. The second-order valence-electron chi connectivity index (χ2n) is 4.82. The molecule has 1 heterocycles. The van der Waals surface area contributed by atoms with Crippen LogP contribution in [0, 0.1) is 0 Å². The van der Waals surface area contributed by atoms with Gasteiger partial charge in [-0.2, -0.15) is 0 Å². The van der Waals surface area contributed by atoms with Gasteiger partial charge in [0.15, 0.2) is 0 Å². The first-order valence-corrected chi connectivity index (χ1v) is 8.10. The molecule has 6 heteroatoms. The van der Waals surface area contributed by atoms with E-state index in [9.17, 15) is 13.5 Å². The van der Waals surface area contributed by atoms with Gasteiger partial charge < -0.3 is 9.67 Å². The van der Waals surface area contributed by atoms with E-state index in [1.807, 2.05) is 22.9 Å². The van der Waals surface area contributed by atoms with Crippen LogP contribution in [0.2, 0.25) is 0 Å². The van der Waals surface area contributed by atoms with Gasteiger partial charge in [0.25, 0.3) is 0 Å². The van der Waals surface area contributed by atoms with Crippen LogP contribution in [-0.4, -0.2) is 18.1 Å². The molecule has 0 aliphatic rings. The number of nitrogens with two attached hydrogens (primary N) is 1. The van der Waals surface area contributed by atoms with E-state index in [4.69, 9.17) is 5.14 Å². The first kappa shape index (κ1) is 14.4. The van der Waals surface area contributed by atoms with Crippen molar-refractivity contribution in [2.24, 2.45) is 5.14 Å². The van der Waals surface area contributed by atoms with E-state index < -0.39 is 10.0 Å². The Balaban J connectivity index is 2.20. The average molecular weight is 314 g/mol. The van der Waals surface area contributed by atoms with Crippen molar-refractivity contribution in [1.82, 2.24) is 4.57 Å². The molecule has 0 bridgehead atoms. The van der Waals surface area contributed by atoms with Crippen LogP contribution in [0.3, 0.4) is 0 Å². The minimum atomic E-state index is -3.82. The predicted molar refractivity (Wildman–Crippen MR) is 84.2 cm³/mol. The minimum Gasteiger partial charge on any atom is -0.508 e. The van der Waals surface area contributed by atoms with Crippen LogP contribution < -0.4 is 5.14 Å². The van der Waals surface area contributed by atoms with Crippen LogP contribution in [0.15, 0.2) is 71.8 Å². The van der Waals surface area contributed by atoms with Crippen molar-refractivity contribution in [2.75, 3.05) is 0 Å². The molecule has 3 rings (SSSR count). The highest BCUT2D eigenvalue weighted by Crippen LogP contribution is 2.29. The SMILES string of the molecule is NS(=O)(=O)c1ccccc1-c1cccn1-c1ccc(O)cc1. The molecule has 0 amide bonds. The van der Waals surface area contributed by atoms with E-state index in [1.54, 1.807) is 42.5 Å². The summed E-state index contributed by atoms with van der Waals surface area (Å²) in [6.45, 7) is 0. The molecule has 0 saturated carbocycles. The number of phenols is 1. The molecule has 0 unspecified atom stereocenters. The van der Waals surface area contributed by atoms with E-state index in [0.29, 0.717) is 11.3 Å². The highest BCUT2D eigenvalue weighted by molar-refractivity contribution is 7.89. The quantitative estimate of drug-likeness (QED) is 0.779. The Morgan fingerprint density at radius 1 is 0.909 bits per heavy atom. The fraction of sp³-hybridized carbons (Fsp3) is 0. The van der Waals surface area contributed by atoms with Crippen molar-refractivity contribution in [3.8, 4) is 22.7 Å². The smallest absolute Gasteiger partial charge is 0.238 e. The largest absolute Gasteiger partial charge is 0.508 e. The number of hydrogen-bond donors (Lipinski definition) is 2. The van der Waals surface area contributed by atoms with Crippen molar-refractivity contribution >= 4 is 10.0 Å². The molecule has 22 heavy (non-hydrogen) atoms. The molecule has 0 atom stereocenters. The second-order valence-corrected chi connectivity index (χ2v) is 6.35.